The van der Waals surface area contributed by atoms with Gasteiger partial charge < -0.3 is 0 Å². The predicted molar refractivity (Wildman–Crippen MR) is 22.9 cm³/mol. The highest BCUT2D eigenvalue weighted by atomic mass is 16.5. The van der Waals surface area contributed by atoms with Crippen molar-refractivity contribution >= 4 is 0 Å². The summed E-state index contributed by atoms with van der Waals surface area (Å²) in [5.41, 5.74) is 2.39. The third kappa shape index (κ3) is 1.75. The van der Waals surface area contributed by atoms with Crippen molar-refractivity contribution in [3.05, 3.63) is 12.8 Å². The van der Waals surface area contributed by atoms with E-state index in [2.05, 4.69) is 12.0 Å². The predicted octanol–water partition coefficient (Wildman–Crippen LogP) is -0.0445. The van der Waals surface area contributed by atoms with Crippen LogP contribution in [0.4, 0.5) is 0 Å². The first-order valence-corrected chi connectivity index (χ1v) is 1.59. The Morgan fingerprint density at radius 2 is 2.50 bits per heavy atom. The topological polar surface area (TPSA) is 35.5 Å². The van der Waals surface area contributed by atoms with E-state index in [0.29, 0.717) is 0 Å². The molecule has 0 aromatic carbocycles. The normalized spacial score (nSPS) is 7.67. The second kappa shape index (κ2) is 2.68. The first-order chi connectivity index (χ1) is 2.81. The number of hydroxylamine groups is 1. The summed E-state index contributed by atoms with van der Waals surface area (Å²) in [7, 11) is 1.58. The Kier molecular flexibility index (Phi) is 2.44. The van der Waals surface area contributed by atoms with E-state index >= 15 is 0 Å². The number of nitrogens with one attached hydrogen (secondary N) is 1. The molecule has 0 aliphatic rings. The van der Waals surface area contributed by atoms with E-state index in [4.69, 9.17) is 5.21 Å². The van der Waals surface area contributed by atoms with E-state index in [1.807, 2.05) is 0 Å². The molecule has 0 saturated heterocycles. The van der Waals surface area contributed by atoms with Crippen molar-refractivity contribution in [2.24, 2.45) is 0 Å². The van der Waals surface area contributed by atoms with Crippen LogP contribution in [0.1, 0.15) is 0 Å². The van der Waals surface area contributed by atoms with Gasteiger partial charge in [-0.05, 0) is 0 Å². The summed E-state index contributed by atoms with van der Waals surface area (Å²) in [4.78, 5) is 0. The zero-order chi connectivity index (χ0) is 4.99. The molecule has 0 radical (unpaired) electrons. The molecule has 3 heteroatoms. The molecule has 0 heterocycles. The summed E-state index contributed by atoms with van der Waals surface area (Å²) in [5.74, 6) is 0. The minimum atomic E-state index is 0.764. The molecule has 0 spiro atoms. The van der Waals surface area contributed by atoms with Crippen LogP contribution in [0.2, 0.25) is 0 Å². The van der Waals surface area contributed by atoms with E-state index in [9.17, 15) is 0 Å². The molecule has 0 saturated carbocycles. The summed E-state index contributed by atoms with van der Waals surface area (Å²) in [6.07, 6.45) is 1.25. The molecule has 0 aromatic rings. The quantitative estimate of drug-likeness (QED) is 0.465. The van der Waals surface area contributed by atoms with Crippen molar-refractivity contribution in [3.63, 3.8) is 0 Å². The molecular weight excluding hydrogens is 80.0 g/mol. The zero-order valence-corrected chi connectivity index (χ0v) is 3.68. The molecule has 0 bridgehead atoms. The number of rotatable bonds is 2. The van der Waals surface area contributed by atoms with Gasteiger partial charge in [-0.25, -0.2) is 5.43 Å². The third-order valence-electron chi connectivity index (χ3n) is 0.402. The van der Waals surface area contributed by atoms with E-state index < -0.39 is 0 Å². The summed E-state index contributed by atoms with van der Waals surface area (Å²) in [6, 6.07) is 0. The van der Waals surface area contributed by atoms with Crippen LogP contribution >= 0.6 is 0 Å². The molecule has 36 valence electrons. The van der Waals surface area contributed by atoms with Gasteiger partial charge in [0, 0.05) is 13.2 Å². The van der Waals surface area contributed by atoms with Crippen LogP contribution in [0.25, 0.3) is 0 Å². The van der Waals surface area contributed by atoms with Gasteiger partial charge in [0.05, 0.1) is 0 Å². The fraction of sp³-hybridized carbons (Fsp3) is 0.333. The van der Waals surface area contributed by atoms with Crippen molar-refractivity contribution in [3.8, 4) is 0 Å². The van der Waals surface area contributed by atoms with Crippen molar-refractivity contribution in [2.45, 2.75) is 0 Å². The molecule has 0 fully saturated rings. The van der Waals surface area contributed by atoms with Gasteiger partial charge >= 0.3 is 0 Å². The first-order valence-electron chi connectivity index (χ1n) is 1.59. The summed E-state index contributed by atoms with van der Waals surface area (Å²) < 4.78 is 0. The van der Waals surface area contributed by atoms with Crippen LogP contribution in [-0.4, -0.2) is 17.4 Å². The lowest BCUT2D eigenvalue weighted by atomic mass is 11.0. The molecule has 3 nitrogen and oxygen atoms in total. The lowest BCUT2D eigenvalue weighted by molar-refractivity contribution is -0.0805. The van der Waals surface area contributed by atoms with Crippen LogP contribution in [0.5, 0.6) is 0 Å². The van der Waals surface area contributed by atoms with Crippen LogP contribution < -0.4 is 5.43 Å². The standard InChI is InChI=1S/C3H8N2O/c1-3-5(6)4-2/h3-4,6H,1H2,2H3. The van der Waals surface area contributed by atoms with Gasteiger partial charge in [0.2, 0.25) is 0 Å². The van der Waals surface area contributed by atoms with Crippen LogP contribution in [-0.2, 0) is 0 Å². The summed E-state index contributed by atoms with van der Waals surface area (Å²) in [6.45, 7) is 3.24. The van der Waals surface area contributed by atoms with Gasteiger partial charge in [0.15, 0.2) is 0 Å². The Morgan fingerprint density at radius 3 is 2.50 bits per heavy atom. The highest BCUT2D eigenvalue weighted by Gasteiger charge is 1.74. The minimum Gasteiger partial charge on any atom is -0.273 e. The van der Waals surface area contributed by atoms with Gasteiger partial charge in [0.25, 0.3) is 0 Å². The van der Waals surface area contributed by atoms with Gasteiger partial charge in [0.1, 0.15) is 0 Å². The summed E-state index contributed by atoms with van der Waals surface area (Å²) >= 11 is 0. The number of hydrogen-bond acceptors (Lipinski definition) is 3. The Labute approximate surface area is 36.8 Å². The molecule has 0 rings (SSSR count). The average Bonchev–Trinajstić information content (AvgIpc) is 1.65. The van der Waals surface area contributed by atoms with Crippen molar-refractivity contribution < 1.29 is 5.21 Å². The molecule has 0 aliphatic heterocycles. The SMILES string of the molecule is C=CN(O)NC. The Morgan fingerprint density at radius 1 is 2.00 bits per heavy atom. The number of nitrogens with zero attached hydrogens (tertiary/aromatic N) is 1. The Hall–Kier alpha value is -0.540. The zero-order valence-electron chi connectivity index (χ0n) is 3.68. The van der Waals surface area contributed by atoms with E-state index in [-0.39, 0.29) is 0 Å². The summed E-state index contributed by atoms with van der Waals surface area (Å²) in [5, 5.41) is 9.03. The molecule has 0 atom stereocenters. The van der Waals surface area contributed by atoms with E-state index in [1.165, 1.54) is 6.20 Å². The highest BCUT2D eigenvalue weighted by molar-refractivity contribution is 4.54. The fourth-order valence-corrected chi connectivity index (χ4v) is 0.0913. The van der Waals surface area contributed by atoms with Crippen LogP contribution in [0, 0.1) is 0 Å². The van der Waals surface area contributed by atoms with Gasteiger partial charge in [-0.3, -0.25) is 5.21 Å². The molecule has 2 N–H and O–H groups in total. The molecular formula is C3H8N2O. The van der Waals surface area contributed by atoms with Crippen molar-refractivity contribution in [2.75, 3.05) is 7.05 Å². The highest BCUT2D eigenvalue weighted by Crippen LogP contribution is 1.64. The van der Waals surface area contributed by atoms with Crippen molar-refractivity contribution in [1.82, 2.24) is 10.6 Å². The van der Waals surface area contributed by atoms with Gasteiger partial charge in [-0.2, -0.15) is 5.17 Å². The molecule has 0 amide bonds. The van der Waals surface area contributed by atoms with E-state index in [0.717, 1.165) is 5.17 Å². The Bertz CT molecular complexity index is 46.1. The first kappa shape index (κ1) is 5.46. The molecule has 0 aliphatic carbocycles. The third-order valence-corrected chi connectivity index (χ3v) is 0.402. The maximum absolute atomic E-state index is 8.27. The maximum Gasteiger partial charge on any atom is 0.0387 e. The number of hydrazine groups is 1. The maximum atomic E-state index is 8.27. The second-order valence-electron chi connectivity index (χ2n) is 0.751. The number of hydrogen-bond donors (Lipinski definition) is 2. The second-order valence-corrected chi connectivity index (χ2v) is 0.751. The largest absolute Gasteiger partial charge is 0.273 e. The minimum absolute atomic E-state index is 0.764. The molecule has 6 heavy (non-hydrogen) atoms. The lowest BCUT2D eigenvalue weighted by Crippen LogP contribution is -2.24. The average molecular weight is 88.1 g/mol. The smallest absolute Gasteiger partial charge is 0.0387 e. The molecule has 0 unspecified atom stereocenters. The lowest BCUT2D eigenvalue weighted by Gasteiger charge is -2.05. The monoisotopic (exact) mass is 88.1 g/mol. The van der Waals surface area contributed by atoms with E-state index in [1.54, 1.807) is 7.05 Å². The Balaban J connectivity index is 2.96. The fourth-order valence-electron chi connectivity index (χ4n) is 0.0913. The molecule has 0 aromatic heterocycles. The van der Waals surface area contributed by atoms with Gasteiger partial charge in [-0.1, -0.05) is 6.58 Å². The van der Waals surface area contributed by atoms with Crippen molar-refractivity contribution in [1.29, 1.82) is 0 Å². The van der Waals surface area contributed by atoms with Crippen LogP contribution in [0.15, 0.2) is 12.8 Å². The van der Waals surface area contributed by atoms with Gasteiger partial charge in [-0.15, -0.1) is 0 Å². The van der Waals surface area contributed by atoms with Crippen LogP contribution in [0.3, 0.4) is 0 Å².